The monoisotopic (exact) mass is 204 g/mol. The van der Waals surface area contributed by atoms with Crippen LogP contribution in [0.25, 0.3) is 0 Å². The molecular weight excluding hydrogens is 196 g/mol. The standard InChI is InChI=1S/C9H8N4O2/c14-7-2-1-6(3-8(7)15)13-9-11-4-10-5-12-9/h1-5,14-15H,(H,10,11,12,13). The minimum Gasteiger partial charge on any atom is -0.504 e. The summed E-state index contributed by atoms with van der Waals surface area (Å²) >= 11 is 0. The Morgan fingerprint density at radius 2 is 1.73 bits per heavy atom. The molecule has 0 aliphatic rings. The van der Waals surface area contributed by atoms with E-state index in [0.717, 1.165) is 0 Å². The lowest BCUT2D eigenvalue weighted by atomic mass is 10.3. The van der Waals surface area contributed by atoms with Gasteiger partial charge in [0, 0.05) is 11.8 Å². The molecule has 1 heterocycles. The fraction of sp³-hybridized carbons (Fsp3) is 0. The van der Waals surface area contributed by atoms with Crippen molar-refractivity contribution in [3.05, 3.63) is 30.9 Å². The number of phenols is 2. The Balaban J connectivity index is 2.22. The lowest BCUT2D eigenvalue weighted by Crippen LogP contribution is -1.96. The fourth-order valence-electron chi connectivity index (χ4n) is 1.03. The second-order valence-corrected chi connectivity index (χ2v) is 2.79. The largest absolute Gasteiger partial charge is 0.504 e. The minimum atomic E-state index is -0.200. The summed E-state index contributed by atoms with van der Waals surface area (Å²) in [6, 6.07) is 4.34. The molecule has 0 fully saturated rings. The van der Waals surface area contributed by atoms with Crippen LogP contribution in [-0.4, -0.2) is 25.2 Å². The number of benzene rings is 1. The Hall–Kier alpha value is -2.37. The zero-order valence-electron chi connectivity index (χ0n) is 7.62. The maximum absolute atomic E-state index is 9.23. The molecule has 0 amide bonds. The molecule has 0 radical (unpaired) electrons. The molecule has 15 heavy (non-hydrogen) atoms. The van der Waals surface area contributed by atoms with E-state index in [0.29, 0.717) is 11.6 Å². The highest BCUT2D eigenvalue weighted by Crippen LogP contribution is 2.28. The molecular formula is C9H8N4O2. The molecule has 0 aliphatic carbocycles. The molecule has 6 nitrogen and oxygen atoms in total. The first-order valence-electron chi connectivity index (χ1n) is 4.17. The van der Waals surface area contributed by atoms with Gasteiger partial charge in [-0.25, -0.2) is 15.0 Å². The summed E-state index contributed by atoms with van der Waals surface area (Å²) < 4.78 is 0. The Morgan fingerprint density at radius 3 is 2.40 bits per heavy atom. The Kier molecular flexibility index (Phi) is 2.32. The van der Waals surface area contributed by atoms with Crippen LogP contribution in [0.4, 0.5) is 11.6 Å². The van der Waals surface area contributed by atoms with Gasteiger partial charge in [-0.3, -0.25) is 0 Å². The van der Waals surface area contributed by atoms with Gasteiger partial charge >= 0.3 is 0 Å². The van der Waals surface area contributed by atoms with E-state index in [-0.39, 0.29) is 11.5 Å². The lowest BCUT2D eigenvalue weighted by molar-refractivity contribution is 0.404. The summed E-state index contributed by atoms with van der Waals surface area (Å²) in [4.78, 5) is 11.4. The van der Waals surface area contributed by atoms with Crippen LogP contribution in [0.5, 0.6) is 11.5 Å². The van der Waals surface area contributed by atoms with E-state index in [2.05, 4.69) is 20.3 Å². The molecule has 1 aromatic carbocycles. The van der Waals surface area contributed by atoms with Crippen molar-refractivity contribution in [2.24, 2.45) is 0 Å². The molecule has 6 heteroatoms. The molecule has 1 aromatic heterocycles. The summed E-state index contributed by atoms with van der Waals surface area (Å²) in [6.07, 6.45) is 2.71. The van der Waals surface area contributed by atoms with Gasteiger partial charge in [-0.05, 0) is 12.1 Å². The zero-order valence-corrected chi connectivity index (χ0v) is 7.62. The summed E-state index contributed by atoms with van der Waals surface area (Å²) in [5.74, 6) is 0.000317. The Bertz CT molecular complexity index is 461. The number of anilines is 2. The molecule has 0 bridgehead atoms. The van der Waals surface area contributed by atoms with Gasteiger partial charge < -0.3 is 15.5 Å². The topological polar surface area (TPSA) is 91.2 Å². The van der Waals surface area contributed by atoms with Gasteiger partial charge in [0.05, 0.1) is 0 Å². The third kappa shape index (κ3) is 2.11. The molecule has 0 aliphatic heterocycles. The molecule has 2 rings (SSSR count). The normalized spacial score (nSPS) is 9.87. The zero-order chi connectivity index (χ0) is 10.7. The smallest absolute Gasteiger partial charge is 0.230 e. The van der Waals surface area contributed by atoms with Crippen molar-refractivity contribution < 1.29 is 10.2 Å². The van der Waals surface area contributed by atoms with Gasteiger partial charge in [0.15, 0.2) is 11.5 Å². The number of nitrogens with one attached hydrogen (secondary N) is 1. The van der Waals surface area contributed by atoms with Gasteiger partial charge in [0.1, 0.15) is 12.7 Å². The fourth-order valence-corrected chi connectivity index (χ4v) is 1.03. The lowest BCUT2D eigenvalue weighted by Gasteiger charge is -2.04. The summed E-state index contributed by atoms with van der Waals surface area (Å²) in [7, 11) is 0. The molecule has 0 unspecified atom stereocenters. The van der Waals surface area contributed by atoms with Crippen molar-refractivity contribution in [3.63, 3.8) is 0 Å². The number of hydrogen-bond donors (Lipinski definition) is 3. The van der Waals surface area contributed by atoms with Crippen molar-refractivity contribution in [1.82, 2.24) is 15.0 Å². The van der Waals surface area contributed by atoms with Crippen molar-refractivity contribution in [2.75, 3.05) is 5.32 Å². The van der Waals surface area contributed by atoms with Crippen LogP contribution in [0.3, 0.4) is 0 Å². The van der Waals surface area contributed by atoms with E-state index in [1.807, 2.05) is 0 Å². The summed E-state index contributed by atoms with van der Waals surface area (Å²) in [5, 5.41) is 21.2. The molecule has 76 valence electrons. The van der Waals surface area contributed by atoms with E-state index < -0.39 is 0 Å². The molecule has 0 spiro atoms. The SMILES string of the molecule is Oc1ccc(Nc2ncncn2)cc1O. The van der Waals surface area contributed by atoms with Gasteiger partial charge in [0.25, 0.3) is 0 Å². The number of aromatic nitrogens is 3. The highest BCUT2D eigenvalue weighted by molar-refractivity contribution is 5.58. The quantitative estimate of drug-likeness (QED) is 0.499. The van der Waals surface area contributed by atoms with E-state index in [9.17, 15) is 5.11 Å². The van der Waals surface area contributed by atoms with Crippen LogP contribution < -0.4 is 5.32 Å². The van der Waals surface area contributed by atoms with E-state index >= 15 is 0 Å². The van der Waals surface area contributed by atoms with Crippen LogP contribution in [0.1, 0.15) is 0 Å². The third-order valence-corrected chi connectivity index (χ3v) is 1.72. The average molecular weight is 204 g/mol. The second kappa shape index (κ2) is 3.79. The van der Waals surface area contributed by atoms with Gasteiger partial charge in [0.2, 0.25) is 5.95 Å². The predicted octanol–water partition coefficient (Wildman–Crippen LogP) is 1.03. The first-order chi connectivity index (χ1) is 7.25. The number of nitrogens with zero attached hydrogens (tertiary/aromatic N) is 3. The van der Waals surface area contributed by atoms with E-state index in [4.69, 9.17) is 5.11 Å². The number of phenolic OH excluding ortho intramolecular Hbond substituents is 2. The second-order valence-electron chi connectivity index (χ2n) is 2.79. The molecule has 0 saturated carbocycles. The van der Waals surface area contributed by atoms with Crippen molar-refractivity contribution in [1.29, 1.82) is 0 Å². The van der Waals surface area contributed by atoms with Crippen LogP contribution >= 0.6 is 0 Å². The predicted molar refractivity (Wildman–Crippen MR) is 52.9 cm³/mol. The number of rotatable bonds is 2. The van der Waals surface area contributed by atoms with E-state index in [1.165, 1.54) is 24.8 Å². The summed E-state index contributed by atoms with van der Waals surface area (Å²) in [6.45, 7) is 0. The first kappa shape index (κ1) is 9.20. The van der Waals surface area contributed by atoms with Gasteiger partial charge in [-0.15, -0.1) is 0 Å². The van der Waals surface area contributed by atoms with Gasteiger partial charge in [-0.1, -0.05) is 0 Å². The molecule has 0 atom stereocenters. The van der Waals surface area contributed by atoms with Crippen LogP contribution in [0, 0.1) is 0 Å². The third-order valence-electron chi connectivity index (χ3n) is 1.72. The summed E-state index contributed by atoms with van der Waals surface area (Å²) in [5.41, 5.74) is 0.580. The molecule has 0 saturated heterocycles. The maximum Gasteiger partial charge on any atom is 0.230 e. The Labute approximate surface area is 85.3 Å². The van der Waals surface area contributed by atoms with E-state index in [1.54, 1.807) is 6.07 Å². The Morgan fingerprint density at radius 1 is 1.00 bits per heavy atom. The van der Waals surface area contributed by atoms with Gasteiger partial charge in [-0.2, -0.15) is 0 Å². The number of hydrogen-bond acceptors (Lipinski definition) is 6. The van der Waals surface area contributed by atoms with Crippen molar-refractivity contribution in [3.8, 4) is 11.5 Å². The van der Waals surface area contributed by atoms with Crippen LogP contribution in [0.2, 0.25) is 0 Å². The minimum absolute atomic E-state index is 0.170. The van der Waals surface area contributed by atoms with Crippen LogP contribution in [0.15, 0.2) is 30.9 Å². The molecule has 2 aromatic rings. The maximum atomic E-state index is 9.23. The highest BCUT2D eigenvalue weighted by atomic mass is 16.3. The van der Waals surface area contributed by atoms with Crippen LogP contribution in [-0.2, 0) is 0 Å². The average Bonchev–Trinajstić information content (AvgIpc) is 2.25. The highest BCUT2D eigenvalue weighted by Gasteiger charge is 2.01. The van der Waals surface area contributed by atoms with Crippen molar-refractivity contribution >= 4 is 11.6 Å². The van der Waals surface area contributed by atoms with Crippen molar-refractivity contribution in [2.45, 2.75) is 0 Å². The molecule has 3 N–H and O–H groups in total. The number of aromatic hydroxyl groups is 2. The first-order valence-corrected chi connectivity index (χ1v) is 4.17.